The van der Waals surface area contributed by atoms with Gasteiger partial charge in [-0.15, -0.1) is 0 Å². The van der Waals surface area contributed by atoms with E-state index in [1.807, 2.05) is 4.90 Å². The van der Waals surface area contributed by atoms with E-state index in [-0.39, 0.29) is 11.5 Å². The maximum atomic E-state index is 13.6. The molecule has 0 saturated carbocycles. The van der Waals surface area contributed by atoms with Crippen LogP contribution in [0.3, 0.4) is 0 Å². The van der Waals surface area contributed by atoms with Crippen LogP contribution in [0, 0.1) is 22.9 Å². The van der Waals surface area contributed by atoms with Gasteiger partial charge in [0, 0.05) is 49.7 Å². The summed E-state index contributed by atoms with van der Waals surface area (Å²) in [5.74, 6) is -0.263. The van der Waals surface area contributed by atoms with Crippen LogP contribution in [0.2, 0.25) is 0 Å². The molecule has 1 N–H and O–H groups in total. The Morgan fingerprint density at radius 3 is 2.38 bits per heavy atom. The minimum atomic E-state index is -0.403. The van der Waals surface area contributed by atoms with Crippen LogP contribution in [0.15, 0.2) is 42.5 Å². The van der Waals surface area contributed by atoms with E-state index in [9.17, 15) is 14.5 Å². The van der Waals surface area contributed by atoms with E-state index in [1.165, 1.54) is 18.2 Å². The average molecular weight is 374 g/mol. The van der Waals surface area contributed by atoms with Crippen LogP contribution in [0.25, 0.3) is 0 Å². The van der Waals surface area contributed by atoms with Crippen molar-refractivity contribution in [2.24, 2.45) is 0 Å². The number of benzene rings is 2. The largest absolute Gasteiger partial charge is 0.368 e. The fourth-order valence-electron chi connectivity index (χ4n) is 2.83. The van der Waals surface area contributed by atoms with Gasteiger partial charge >= 0.3 is 0 Å². The number of hydrogen-bond acceptors (Lipinski definition) is 4. The fourth-order valence-corrected chi connectivity index (χ4v) is 3.13. The Bertz CT molecular complexity index is 820. The lowest BCUT2D eigenvalue weighted by Crippen LogP contribution is -2.50. The molecule has 26 heavy (non-hydrogen) atoms. The lowest BCUT2D eigenvalue weighted by Gasteiger charge is -2.37. The third kappa shape index (κ3) is 4.08. The normalized spacial score (nSPS) is 14.2. The predicted octanol–water partition coefficient (Wildman–Crippen LogP) is 3.56. The smallest absolute Gasteiger partial charge is 0.269 e. The molecule has 8 heteroatoms. The molecule has 6 nitrogen and oxygen atoms in total. The molecule has 136 valence electrons. The average Bonchev–Trinajstić information content (AvgIpc) is 2.65. The molecular formula is C18H19FN4O2S. The summed E-state index contributed by atoms with van der Waals surface area (Å²) in [5.41, 5.74) is 2.27. The van der Waals surface area contributed by atoms with E-state index in [1.54, 1.807) is 31.2 Å². The number of non-ortho nitro benzene ring substituents is 1. The minimum absolute atomic E-state index is 0.0862. The van der Waals surface area contributed by atoms with Crippen molar-refractivity contribution in [1.29, 1.82) is 0 Å². The summed E-state index contributed by atoms with van der Waals surface area (Å²) in [7, 11) is 0. The van der Waals surface area contributed by atoms with Gasteiger partial charge in [-0.1, -0.05) is 6.07 Å². The van der Waals surface area contributed by atoms with E-state index < -0.39 is 4.92 Å². The summed E-state index contributed by atoms with van der Waals surface area (Å²) in [6, 6.07) is 11.5. The van der Waals surface area contributed by atoms with Crippen molar-refractivity contribution in [2.45, 2.75) is 6.92 Å². The second-order valence-corrected chi connectivity index (χ2v) is 6.53. The third-order valence-corrected chi connectivity index (χ3v) is 4.78. The van der Waals surface area contributed by atoms with Gasteiger partial charge in [-0.2, -0.15) is 0 Å². The summed E-state index contributed by atoms with van der Waals surface area (Å²) in [6.45, 7) is 4.66. The summed E-state index contributed by atoms with van der Waals surface area (Å²) < 4.78 is 13.6. The number of piperazine rings is 1. The zero-order valence-electron chi connectivity index (χ0n) is 14.3. The molecule has 0 aromatic heterocycles. The SMILES string of the molecule is Cc1ccc(NC(=S)N2CCN(c3ccc([N+](=O)[O-])cc3)CC2)cc1F. The van der Waals surface area contributed by atoms with Crippen molar-refractivity contribution >= 4 is 34.4 Å². The topological polar surface area (TPSA) is 61.6 Å². The van der Waals surface area contributed by atoms with Crippen molar-refractivity contribution in [3.63, 3.8) is 0 Å². The first-order valence-electron chi connectivity index (χ1n) is 8.25. The molecule has 0 spiro atoms. The monoisotopic (exact) mass is 374 g/mol. The van der Waals surface area contributed by atoms with Crippen LogP contribution in [0.4, 0.5) is 21.5 Å². The van der Waals surface area contributed by atoms with Crippen LogP contribution in [-0.2, 0) is 0 Å². The Balaban J connectivity index is 1.56. The molecule has 0 unspecified atom stereocenters. The molecular weight excluding hydrogens is 355 g/mol. The quantitative estimate of drug-likeness (QED) is 0.504. The number of rotatable bonds is 3. The van der Waals surface area contributed by atoms with Crippen molar-refractivity contribution in [3.8, 4) is 0 Å². The first-order chi connectivity index (χ1) is 12.4. The Morgan fingerprint density at radius 2 is 1.81 bits per heavy atom. The highest BCUT2D eigenvalue weighted by Gasteiger charge is 2.20. The van der Waals surface area contributed by atoms with Crippen molar-refractivity contribution < 1.29 is 9.31 Å². The van der Waals surface area contributed by atoms with E-state index in [0.29, 0.717) is 16.4 Å². The van der Waals surface area contributed by atoms with Crippen LogP contribution >= 0.6 is 12.2 Å². The zero-order valence-corrected chi connectivity index (χ0v) is 15.1. The maximum absolute atomic E-state index is 13.6. The van der Waals surface area contributed by atoms with Gasteiger partial charge in [-0.25, -0.2) is 4.39 Å². The molecule has 1 aliphatic heterocycles. The molecule has 1 heterocycles. The lowest BCUT2D eigenvalue weighted by atomic mass is 10.2. The van der Waals surface area contributed by atoms with Gasteiger partial charge in [-0.05, 0) is 49.0 Å². The van der Waals surface area contributed by atoms with Gasteiger partial charge in [0.25, 0.3) is 5.69 Å². The van der Waals surface area contributed by atoms with Gasteiger partial charge in [0.15, 0.2) is 5.11 Å². The molecule has 0 atom stereocenters. The highest BCUT2D eigenvalue weighted by molar-refractivity contribution is 7.80. The van der Waals surface area contributed by atoms with E-state index in [0.717, 1.165) is 31.9 Å². The fraction of sp³-hybridized carbons (Fsp3) is 0.278. The molecule has 1 saturated heterocycles. The van der Waals surface area contributed by atoms with Crippen LogP contribution in [0.1, 0.15) is 5.56 Å². The van der Waals surface area contributed by atoms with Crippen molar-refractivity contribution in [1.82, 2.24) is 4.90 Å². The molecule has 2 aromatic rings. The number of halogens is 1. The number of hydrogen-bond donors (Lipinski definition) is 1. The van der Waals surface area contributed by atoms with Crippen LogP contribution in [-0.4, -0.2) is 41.1 Å². The Morgan fingerprint density at radius 1 is 1.15 bits per heavy atom. The number of nitrogens with one attached hydrogen (secondary N) is 1. The molecule has 1 fully saturated rings. The van der Waals surface area contributed by atoms with Crippen molar-refractivity contribution in [3.05, 3.63) is 64.0 Å². The molecule has 1 aliphatic rings. The Hall–Kier alpha value is -2.74. The van der Waals surface area contributed by atoms with E-state index >= 15 is 0 Å². The molecule has 0 amide bonds. The highest BCUT2D eigenvalue weighted by Crippen LogP contribution is 2.21. The molecule has 2 aromatic carbocycles. The summed E-state index contributed by atoms with van der Waals surface area (Å²) in [5, 5.41) is 14.4. The predicted molar refractivity (Wildman–Crippen MR) is 104 cm³/mol. The Labute approximate surface area is 156 Å². The third-order valence-electron chi connectivity index (χ3n) is 4.42. The van der Waals surface area contributed by atoms with Gasteiger partial charge in [0.05, 0.1) is 4.92 Å². The Kier molecular flexibility index (Phi) is 5.32. The van der Waals surface area contributed by atoms with Gasteiger partial charge in [0.1, 0.15) is 5.82 Å². The number of aryl methyl sites for hydroxylation is 1. The number of nitrogens with zero attached hydrogens (tertiary/aromatic N) is 3. The van der Waals surface area contributed by atoms with Gasteiger partial charge < -0.3 is 15.1 Å². The number of nitro groups is 1. The van der Waals surface area contributed by atoms with E-state index in [2.05, 4.69) is 10.2 Å². The first-order valence-corrected chi connectivity index (χ1v) is 8.66. The van der Waals surface area contributed by atoms with Crippen LogP contribution < -0.4 is 10.2 Å². The van der Waals surface area contributed by atoms with Crippen molar-refractivity contribution in [2.75, 3.05) is 36.4 Å². The highest BCUT2D eigenvalue weighted by atomic mass is 32.1. The van der Waals surface area contributed by atoms with Gasteiger partial charge in [-0.3, -0.25) is 10.1 Å². The number of nitro benzene ring substituents is 1. The standard InChI is InChI=1S/C18H19FN4O2S/c1-13-2-3-14(12-17(13)19)20-18(26)22-10-8-21(9-11-22)15-4-6-16(7-5-15)23(24)25/h2-7,12H,8-11H2,1H3,(H,20,26). The summed E-state index contributed by atoms with van der Waals surface area (Å²) in [4.78, 5) is 14.5. The number of thiocarbonyl (C=S) groups is 1. The summed E-state index contributed by atoms with van der Waals surface area (Å²) >= 11 is 5.43. The molecule has 3 rings (SSSR count). The van der Waals surface area contributed by atoms with E-state index in [4.69, 9.17) is 12.2 Å². The molecule has 0 bridgehead atoms. The minimum Gasteiger partial charge on any atom is -0.368 e. The lowest BCUT2D eigenvalue weighted by molar-refractivity contribution is -0.384. The maximum Gasteiger partial charge on any atom is 0.269 e. The second kappa shape index (κ2) is 7.65. The van der Waals surface area contributed by atoms with Gasteiger partial charge in [0.2, 0.25) is 0 Å². The zero-order chi connectivity index (χ0) is 18.7. The molecule has 0 radical (unpaired) electrons. The molecule has 0 aliphatic carbocycles. The van der Waals surface area contributed by atoms with Crippen LogP contribution in [0.5, 0.6) is 0 Å². The first kappa shape index (κ1) is 18.1. The number of anilines is 2. The summed E-state index contributed by atoms with van der Waals surface area (Å²) in [6.07, 6.45) is 0. The second-order valence-electron chi connectivity index (χ2n) is 6.14.